The molecular weight excluding hydrogens is 391 g/mol. The molecule has 0 aliphatic carbocycles. The van der Waals surface area contributed by atoms with E-state index in [1.807, 2.05) is 24.3 Å². The van der Waals surface area contributed by atoms with E-state index in [1.54, 1.807) is 26.4 Å². The monoisotopic (exact) mass is 414 g/mol. The molecule has 152 valence electrons. The van der Waals surface area contributed by atoms with Crippen LogP contribution in [0.2, 0.25) is 0 Å². The lowest BCUT2D eigenvalue weighted by atomic mass is 10.1. The topological polar surface area (TPSA) is 50.7 Å². The molecule has 2 aromatic carbocycles. The summed E-state index contributed by atoms with van der Waals surface area (Å²) in [5, 5.41) is 4.26. The van der Waals surface area contributed by atoms with Crippen molar-refractivity contribution in [2.45, 2.75) is 6.54 Å². The van der Waals surface area contributed by atoms with Crippen molar-refractivity contribution in [1.29, 1.82) is 0 Å². The van der Waals surface area contributed by atoms with Crippen molar-refractivity contribution in [3.63, 3.8) is 0 Å². The van der Waals surface area contributed by atoms with Crippen molar-refractivity contribution in [2.75, 3.05) is 45.3 Å². The highest BCUT2D eigenvalue weighted by molar-refractivity contribution is 7.09. The molecule has 0 radical (unpaired) electrons. The van der Waals surface area contributed by atoms with Gasteiger partial charge in [-0.15, -0.1) is 5.10 Å². The Kier molecular flexibility index (Phi) is 5.92. The van der Waals surface area contributed by atoms with Crippen LogP contribution in [0.1, 0.15) is 5.69 Å². The van der Waals surface area contributed by atoms with Gasteiger partial charge < -0.3 is 14.4 Å². The molecule has 0 unspecified atom stereocenters. The summed E-state index contributed by atoms with van der Waals surface area (Å²) in [6.45, 7) is 4.18. The minimum Gasteiger partial charge on any atom is -0.497 e. The smallest absolute Gasteiger partial charge is 0.131 e. The molecule has 0 N–H and O–H groups in total. The molecule has 3 aromatic rings. The van der Waals surface area contributed by atoms with Crippen LogP contribution in [0.4, 0.5) is 10.1 Å². The summed E-state index contributed by atoms with van der Waals surface area (Å²) in [7, 11) is 3.32. The zero-order valence-corrected chi connectivity index (χ0v) is 17.3. The molecule has 0 saturated carbocycles. The van der Waals surface area contributed by atoms with Gasteiger partial charge in [-0.05, 0) is 17.6 Å². The molecule has 4 rings (SSSR count). The molecule has 1 aliphatic rings. The number of methoxy groups -OCH3 is 2. The van der Waals surface area contributed by atoms with Gasteiger partial charge in [0, 0.05) is 62.2 Å². The maximum Gasteiger partial charge on any atom is 0.131 e. The molecule has 8 heteroatoms. The van der Waals surface area contributed by atoms with E-state index in [2.05, 4.69) is 19.4 Å². The minimum absolute atomic E-state index is 0.239. The van der Waals surface area contributed by atoms with Crippen LogP contribution in [-0.2, 0) is 6.54 Å². The second-order valence-corrected chi connectivity index (χ2v) is 7.62. The molecule has 1 saturated heterocycles. The number of aromatic nitrogens is 2. The van der Waals surface area contributed by atoms with Crippen molar-refractivity contribution in [3.8, 4) is 21.9 Å². The van der Waals surface area contributed by atoms with Crippen LogP contribution in [0.25, 0.3) is 10.4 Å². The molecule has 0 bridgehead atoms. The molecule has 29 heavy (non-hydrogen) atoms. The van der Waals surface area contributed by atoms with Crippen molar-refractivity contribution in [2.24, 2.45) is 0 Å². The molecular formula is C21H23FN4O2S. The maximum absolute atomic E-state index is 14.2. The zero-order chi connectivity index (χ0) is 20.2. The largest absolute Gasteiger partial charge is 0.497 e. The number of nitrogens with zero attached hydrogens (tertiary/aromatic N) is 4. The Morgan fingerprint density at radius 3 is 2.34 bits per heavy atom. The molecule has 0 atom stereocenters. The Morgan fingerprint density at radius 1 is 1.00 bits per heavy atom. The van der Waals surface area contributed by atoms with Crippen molar-refractivity contribution in [3.05, 3.63) is 54.0 Å². The first-order valence-corrected chi connectivity index (χ1v) is 10.2. The van der Waals surface area contributed by atoms with Gasteiger partial charge in [0.15, 0.2) is 0 Å². The maximum atomic E-state index is 14.2. The molecule has 1 aliphatic heterocycles. The van der Waals surface area contributed by atoms with E-state index in [0.717, 1.165) is 53.9 Å². The van der Waals surface area contributed by atoms with E-state index in [1.165, 1.54) is 17.6 Å². The van der Waals surface area contributed by atoms with Crippen LogP contribution in [0, 0.1) is 5.82 Å². The summed E-state index contributed by atoms with van der Waals surface area (Å²) in [5.74, 6) is 1.33. The van der Waals surface area contributed by atoms with Gasteiger partial charge in [-0.2, -0.15) is 0 Å². The van der Waals surface area contributed by atoms with E-state index in [-0.39, 0.29) is 5.82 Å². The van der Waals surface area contributed by atoms with Gasteiger partial charge in [0.2, 0.25) is 0 Å². The summed E-state index contributed by atoms with van der Waals surface area (Å²) in [4.78, 5) is 5.45. The van der Waals surface area contributed by atoms with E-state index in [4.69, 9.17) is 9.47 Å². The molecule has 1 fully saturated rings. The van der Waals surface area contributed by atoms with E-state index >= 15 is 0 Å². The SMILES string of the molecule is COc1cc(OC)cc(N2CCN(Cc3nnsc3-c3ccccc3F)CC2)c1. The van der Waals surface area contributed by atoms with Gasteiger partial charge in [0.1, 0.15) is 17.3 Å². The Balaban J connectivity index is 1.43. The van der Waals surface area contributed by atoms with Crippen LogP contribution >= 0.6 is 11.5 Å². The standard InChI is InChI=1S/C21H23FN4O2S/c1-27-16-11-15(12-17(13-16)28-2)26-9-7-25(8-10-26)14-20-21(29-24-23-20)18-5-3-4-6-19(18)22/h3-6,11-13H,7-10,14H2,1-2H3. The average molecular weight is 415 g/mol. The van der Waals surface area contributed by atoms with Gasteiger partial charge in [0.05, 0.1) is 24.8 Å². The van der Waals surface area contributed by atoms with E-state index < -0.39 is 0 Å². The van der Waals surface area contributed by atoms with Crippen LogP contribution in [0.5, 0.6) is 11.5 Å². The fourth-order valence-corrected chi connectivity index (χ4v) is 4.21. The summed E-state index contributed by atoms with van der Waals surface area (Å²) < 4.78 is 29.0. The second kappa shape index (κ2) is 8.75. The highest BCUT2D eigenvalue weighted by atomic mass is 32.1. The third-order valence-corrected chi connectivity index (χ3v) is 5.92. The third-order valence-electron chi connectivity index (χ3n) is 5.12. The fraction of sp³-hybridized carbons (Fsp3) is 0.333. The van der Waals surface area contributed by atoms with Gasteiger partial charge in [-0.25, -0.2) is 4.39 Å². The minimum atomic E-state index is -0.239. The lowest BCUT2D eigenvalue weighted by molar-refractivity contribution is 0.247. The third kappa shape index (κ3) is 4.33. The Hall–Kier alpha value is -2.71. The normalized spacial score (nSPS) is 14.8. The summed E-state index contributed by atoms with van der Waals surface area (Å²) in [5.41, 5.74) is 2.49. The molecule has 2 heterocycles. The number of piperazine rings is 1. The molecule has 0 spiro atoms. The number of anilines is 1. The first-order valence-electron chi connectivity index (χ1n) is 9.44. The highest BCUT2D eigenvalue weighted by Crippen LogP contribution is 2.31. The molecule has 0 amide bonds. The lowest BCUT2D eigenvalue weighted by Gasteiger charge is -2.36. The molecule has 6 nitrogen and oxygen atoms in total. The first-order chi connectivity index (χ1) is 14.2. The number of ether oxygens (including phenoxy) is 2. The van der Waals surface area contributed by atoms with Gasteiger partial charge >= 0.3 is 0 Å². The van der Waals surface area contributed by atoms with Crippen LogP contribution < -0.4 is 14.4 Å². The average Bonchev–Trinajstić information content (AvgIpc) is 3.22. The first kappa shape index (κ1) is 19.6. The predicted octanol–water partition coefficient (Wildman–Crippen LogP) is 3.68. The van der Waals surface area contributed by atoms with Crippen molar-refractivity contribution >= 4 is 17.2 Å². The number of hydrogen-bond acceptors (Lipinski definition) is 7. The molecule has 1 aromatic heterocycles. The van der Waals surface area contributed by atoms with Gasteiger partial charge in [-0.3, -0.25) is 4.90 Å². The number of benzene rings is 2. The summed E-state index contributed by atoms with van der Waals surface area (Å²) >= 11 is 1.24. The highest BCUT2D eigenvalue weighted by Gasteiger charge is 2.22. The van der Waals surface area contributed by atoms with Gasteiger partial charge in [-0.1, -0.05) is 22.7 Å². The number of halogens is 1. The summed E-state index contributed by atoms with van der Waals surface area (Å²) in [6, 6.07) is 12.7. The van der Waals surface area contributed by atoms with E-state index in [0.29, 0.717) is 12.1 Å². The van der Waals surface area contributed by atoms with Crippen LogP contribution in [0.15, 0.2) is 42.5 Å². The number of rotatable bonds is 6. The fourth-order valence-electron chi connectivity index (χ4n) is 3.51. The quantitative estimate of drug-likeness (QED) is 0.613. The van der Waals surface area contributed by atoms with Gasteiger partial charge in [0.25, 0.3) is 0 Å². The van der Waals surface area contributed by atoms with Crippen LogP contribution in [-0.4, -0.2) is 54.9 Å². The number of hydrogen-bond donors (Lipinski definition) is 0. The lowest BCUT2D eigenvalue weighted by Crippen LogP contribution is -2.46. The second-order valence-electron chi connectivity index (χ2n) is 6.86. The predicted molar refractivity (Wildman–Crippen MR) is 112 cm³/mol. The Bertz CT molecular complexity index is 951. The van der Waals surface area contributed by atoms with Crippen molar-refractivity contribution in [1.82, 2.24) is 14.5 Å². The van der Waals surface area contributed by atoms with E-state index in [9.17, 15) is 4.39 Å². The Morgan fingerprint density at radius 2 is 1.69 bits per heavy atom. The zero-order valence-electron chi connectivity index (χ0n) is 16.5. The summed E-state index contributed by atoms with van der Waals surface area (Å²) in [6.07, 6.45) is 0. The van der Waals surface area contributed by atoms with Crippen LogP contribution in [0.3, 0.4) is 0 Å². The Labute approximate surface area is 173 Å². The van der Waals surface area contributed by atoms with Crippen molar-refractivity contribution < 1.29 is 13.9 Å².